The lowest BCUT2D eigenvalue weighted by Crippen LogP contribution is -2.40. The van der Waals surface area contributed by atoms with Crippen molar-refractivity contribution in [3.05, 3.63) is 24.0 Å². The van der Waals surface area contributed by atoms with Crippen molar-refractivity contribution in [1.29, 1.82) is 0 Å². The van der Waals surface area contributed by atoms with Gasteiger partial charge in [-0.15, -0.1) is 0 Å². The maximum absolute atomic E-state index is 9.31. The molecule has 1 unspecified atom stereocenters. The summed E-state index contributed by atoms with van der Waals surface area (Å²) in [4.78, 5) is 6.48. The predicted molar refractivity (Wildman–Crippen MR) is 59.8 cm³/mol. The molecule has 0 saturated carbocycles. The fourth-order valence-electron chi connectivity index (χ4n) is 1.97. The predicted octanol–water partition coefficient (Wildman–Crippen LogP) is 0.372. The number of rotatable bonds is 1. The molecule has 2 rings (SSSR count). The van der Waals surface area contributed by atoms with Gasteiger partial charge in [0.1, 0.15) is 0 Å². The van der Waals surface area contributed by atoms with Crippen molar-refractivity contribution >= 4 is 5.69 Å². The first-order valence-corrected chi connectivity index (χ1v) is 5.31. The molecule has 0 saturated heterocycles. The van der Waals surface area contributed by atoms with E-state index in [4.69, 9.17) is 0 Å². The molecule has 2 heterocycles. The van der Waals surface area contributed by atoms with E-state index in [1.165, 1.54) is 0 Å². The molecule has 1 aliphatic heterocycles. The first-order valence-electron chi connectivity index (χ1n) is 5.31. The number of aliphatic hydroxyl groups is 1. The zero-order chi connectivity index (χ0) is 10.7. The molecule has 4 heteroatoms. The Hall–Kier alpha value is -1.13. The summed E-state index contributed by atoms with van der Waals surface area (Å²) in [6.45, 7) is 1.91. The topological polar surface area (TPSA) is 48.4 Å². The fourth-order valence-corrected chi connectivity index (χ4v) is 1.97. The molecule has 0 aromatic carbocycles. The number of pyridine rings is 1. The van der Waals surface area contributed by atoms with Gasteiger partial charge in [0, 0.05) is 19.8 Å². The van der Waals surface area contributed by atoms with Crippen LogP contribution in [0.4, 0.5) is 5.69 Å². The Morgan fingerprint density at radius 3 is 3.33 bits per heavy atom. The second-order valence-electron chi connectivity index (χ2n) is 3.88. The van der Waals surface area contributed by atoms with Crippen LogP contribution in [0.5, 0.6) is 0 Å². The van der Waals surface area contributed by atoms with Crippen LogP contribution < -0.4 is 10.2 Å². The van der Waals surface area contributed by atoms with Crippen LogP contribution in [-0.2, 0) is 6.54 Å². The standard InChI is InChI=1S/C11H17N3O/c1-14-9(8-15)4-6-12-7-10-11(14)3-2-5-13-10/h2-3,5,9,12,15H,4,6-8H2,1H3. The molecule has 1 aromatic rings. The van der Waals surface area contributed by atoms with Gasteiger partial charge >= 0.3 is 0 Å². The molecule has 1 aliphatic rings. The van der Waals surface area contributed by atoms with Crippen molar-refractivity contribution in [3.8, 4) is 0 Å². The molecule has 15 heavy (non-hydrogen) atoms. The maximum atomic E-state index is 9.31. The zero-order valence-corrected chi connectivity index (χ0v) is 8.98. The molecule has 0 bridgehead atoms. The van der Waals surface area contributed by atoms with Crippen molar-refractivity contribution in [2.24, 2.45) is 0 Å². The molecular formula is C11H17N3O. The minimum Gasteiger partial charge on any atom is -0.394 e. The van der Waals surface area contributed by atoms with E-state index in [9.17, 15) is 5.11 Å². The minimum absolute atomic E-state index is 0.181. The molecule has 0 fully saturated rings. The van der Waals surface area contributed by atoms with Gasteiger partial charge in [0.25, 0.3) is 0 Å². The van der Waals surface area contributed by atoms with Crippen LogP contribution >= 0.6 is 0 Å². The van der Waals surface area contributed by atoms with Crippen LogP contribution in [-0.4, -0.2) is 36.3 Å². The van der Waals surface area contributed by atoms with Crippen LogP contribution in [0.25, 0.3) is 0 Å². The smallest absolute Gasteiger partial charge is 0.0774 e. The molecule has 0 radical (unpaired) electrons. The van der Waals surface area contributed by atoms with E-state index < -0.39 is 0 Å². The molecule has 0 amide bonds. The molecule has 2 N–H and O–H groups in total. The van der Waals surface area contributed by atoms with E-state index in [1.807, 2.05) is 19.3 Å². The second kappa shape index (κ2) is 4.59. The summed E-state index contributed by atoms with van der Waals surface area (Å²) < 4.78 is 0. The van der Waals surface area contributed by atoms with Crippen LogP contribution in [0, 0.1) is 0 Å². The highest BCUT2D eigenvalue weighted by Crippen LogP contribution is 2.21. The van der Waals surface area contributed by atoms with Crippen molar-refractivity contribution in [2.75, 3.05) is 25.1 Å². The van der Waals surface area contributed by atoms with Crippen LogP contribution in [0.15, 0.2) is 18.3 Å². The Bertz CT molecular complexity index is 329. The molecular weight excluding hydrogens is 190 g/mol. The van der Waals surface area contributed by atoms with Gasteiger partial charge in [-0.3, -0.25) is 4.98 Å². The molecule has 0 spiro atoms. The second-order valence-corrected chi connectivity index (χ2v) is 3.88. The molecule has 0 aliphatic carbocycles. The Morgan fingerprint density at radius 2 is 2.53 bits per heavy atom. The van der Waals surface area contributed by atoms with Gasteiger partial charge in [-0.25, -0.2) is 0 Å². The average Bonchev–Trinajstić information content (AvgIpc) is 2.27. The summed E-state index contributed by atoms with van der Waals surface area (Å²) in [7, 11) is 2.02. The highest BCUT2D eigenvalue weighted by atomic mass is 16.3. The number of fused-ring (bicyclic) bond motifs is 1. The summed E-state index contributed by atoms with van der Waals surface area (Å²) in [5, 5.41) is 12.6. The number of aliphatic hydroxyl groups excluding tert-OH is 1. The highest BCUT2D eigenvalue weighted by molar-refractivity contribution is 5.51. The van der Waals surface area contributed by atoms with Gasteiger partial charge in [-0.2, -0.15) is 0 Å². The quantitative estimate of drug-likeness (QED) is 0.698. The number of likely N-dealkylation sites (N-methyl/N-ethyl adjacent to an activating group) is 1. The number of hydrogen-bond acceptors (Lipinski definition) is 4. The van der Waals surface area contributed by atoms with E-state index in [-0.39, 0.29) is 12.6 Å². The largest absolute Gasteiger partial charge is 0.394 e. The fraction of sp³-hybridized carbons (Fsp3) is 0.545. The Balaban J connectivity index is 2.32. The average molecular weight is 207 g/mol. The maximum Gasteiger partial charge on any atom is 0.0774 e. The van der Waals surface area contributed by atoms with Gasteiger partial charge in [0.15, 0.2) is 0 Å². The Kier molecular flexibility index (Phi) is 3.18. The van der Waals surface area contributed by atoms with Gasteiger partial charge in [-0.1, -0.05) is 0 Å². The molecule has 1 atom stereocenters. The molecule has 82 valence electrons. The number of anilines is 1. The van der Waals surface area contributed by atoms with E-state index in [0.29, 0.717) is 0 Å². The van der Waals surface area contributed by atoms with E-state index in [2.05, 4.69) is 21.3 Å². The van der Waals surface area contributed by atoms with E-state index in [0.717, 1.165) is 30.9 Å². The number of hydrogen-bond donors (Lipinski definition) is 2. The zero-order valence-electron chi connectivity index (χ0n) is 8.98. The SMILES string of the molecule is CN1c2cccnc2CNCCC1CO. The van der Waals surface area contributed by atoms with Crippen molar-refractivity contribution in [3.63, 3.8) is 0 Å². The first-order chi connectivity index (χ1) is 7.33. The summed E-state index contributed by atoms with van der Waals surface area (Å²) in [6.07, 6.45) is 2.77. The lowest BCUT2D eigenvalue weighted by atomic mass is 10.1. The molecule has 4 nitrogen and oxygen atoms in total. The van der Waals surface area contributed by atoms with Crippen LogP contribution in [0.1, 0.15) is 12.1 Å². The number of nitrogens with one attached hydrogen (secondary N) is 1. The van der Waals surface area contributed by atoms with Crippen molar-refractivity contribution in [2.45, 2.75) is 19.0 Å². The minimum atomic E-state index is 0.181. The highest BCUT2D eigenvalue weighted by Gasteiger charge is 2.19. The Morgan fingerprint density at radius 1 is 1.67 bits per heavy atom. The summed E-state index contributed by atoms with van der Waals surface area (Å²) in [5.74, 6) is 0. The number of nitrogens with zero attached hydrogens (tertiary/aromatic N) is 2. The van der Waals surface area contributed by atoms with Gasteiger partial charge in [-0.05, 0) is 25.1 Å². The monoisotopic (exact) mass is 207 g/mol. The lowest BCUT2D eigenvalue weighted by molar-refractivity contribution is 0.253. The summed E-state index contributed by atoms with van der Waals surface area (Å²) >= 11 is 0. The number of aromatic nitrogens is 1. The third kappa shape index (κ3) is 2.11. The van der Waals surface area contributed by atoms with Crippen LogP contribution in [0.2, 0.25) is 0 Å². The van der Waals surface area contributed by atoms with Gasteiger partial charge in [0.2, 0.25) is 0 Å². The Labute approximate surface area is 89.9 Å². The lowest BCUT2D eigenvalue weighted by Gasteiger charge is -2.32. The van der Waals surface area contributed by atoms with Gasteiger partial charge < -0.3 is 15.3 Å². The van der Waals surface area contributed by atoms with E-state index >= 15 is 0 Å². The molecule has 1 aromatic heterocycles. The van der Waals surface area contributed by atoms with Gasteiger partial charge in [0.05, 0.1) is 24.0 Å². The summed E-state index contributed by atoms with van der Waals surface area (Å²) in [6, 6.07) is 4.17. The normalized spacial score (nSPS) is 21.7. The third-order valence-corrected chi connectivity index (χ3v) is 2.95. The van der Waals surface area contributed by atoms with Crippen molar-refractivity contribution in [1.82, 2.24) is 10.3 Å². The van der Waals surface area contributed by atoms with Crippen molar-refractivity contribution < 1.29 is 5.11 Å². The summed E-state index contributed by atoms with van der Waals surface area (Å²) in [5.41, 5.74) is 2.17. The van der Waals surface area contributed by atoms with Crippen LogP contribution in [0.3, 0.4) is 0 Å². The van der Waals surface area contributed by atoms with E-state index in [1.54, 1.807) is 0 Å². The first kappa shape index (κ1) is 10.4. The third-order valence-electron chi connectivity index (χ3n) is 2.95.